The lowest BCUT2D eigenvalue weighted by atomic mass is 9.97. The van der Waals surface area contributed by atoms with Gasteiger partial charge in [0.2, 0.25) is 0 Å². The third-order valence-electron chi connectivity index (χ3n) is 6.45. The van der Waals surface area contributed by atoms with Gasteiger partial charge in [0, 0.05) is 25.2 Å². The number of carbonyl (C=O) groups excluding carboxylic acids is 1. The highest BCUT2D eigenvalue weighted by Crippen LogP contribution is 2.28. The lowest BCUT2D eigenvalue weighted by Crippen LogP contribution is -2.41. The molecule has 0 radical (unpaired) electrons. The Labute approximate surface area is 199 Å². The van der Waals surface area contributed by atoms with Gasteiger partial charge in [-0.2, -0.15) is 0 Å². The van der Waals surface area contributed by atoms with E-state index < -0.39 is 16.0 Å². The van der Waals surface area contributed by atoms with Crippen molar-refractivity contribution < 1.29 is 23.1 Å². The fraction of sp³-hybridized carbons (Fsp3) is 0.458. The first kappa shape index (κ1) is 24.2. The van der Waals surface area contributed by atoms with Crippen molar-refractivity contribution in [1.82, 2.24) is 9.88 Å². The molecule has 0 aliphatic carbocycles. The molecule has 0 bridgehead atoms. The van der Waals surface area contributed by atoms with E-state index in [-0.39, 0.29) is 21.9 Å². The van der Waals surface area contributed by atoms with Crippen LogP contribution in [0.3, 0.4) is 0 Å². The second-order valence-electron chi connectivity index (χ2n) is 9.05. The van der Waals surface area contributed by atoms with Crippen molar-refractivity contribution in [2.75, 3.05) is 42.3 Å². The van der Waals surface area contributed by atoms with Gasteiger partial charge in [-0.25, -0.2) is 18.2 Å². The molecular formula is C24H30N4O5S. The number of Topliss-reactive ketones (excluding diaryl/α,β-unsaturated/α-hetero) is 1. The Hall–Kier alpha value is -2.98. The maximum atomic E-state index is 12.8. The van der Waals surface area contributed by atoms with E-state index in [2.05, 4.69) is 14.6 Å². The standard InChI is InChI=1S/C24H30N4O5S/c1-17(29)19-6-8-21(9-7-19)34(32,33)26-20-13-22(24(30)31)23(25-14-20)28-12-4-5-18(16-28)15-27-10-2-3-11-27/h6-9,13-14,18,26H,2-5,10-12,15-16H2,1H3,(H,30,31)/t18-/m1/s1. The fourth-order valence-corrected chi connectivity index (χ4v) is 5.78. The second-order valence-corrected chi connectivity index (χ2v) is 10.7. The van der Waals surface area contributed by atoms with E-state index >= 15 is 0 Å². The number of ketones is 1. The Morgan fingerprint density at radius 2 is 1.82 bits per heavy atom. The number of anilines is 2. The van der Waals surface area contributed by atoms with Gasteiger partial charge < -0.3 is 14.9 Å². The molecule has 4 rings (SSSR count). The minimum atomic E-state index is -3.97. The summed E-state index contributed by atoms with van der Waals surface area (Å²) in [5, 5.41) is 9.83. The van der Waals surface area contributed by atoms with Gasteiger partial charge in [0.1, 0.15) is 11.4 Å². The van der Waals surface area contributed by atoms with Crippen molar-refractivity contribution in [3.63, 3.8) is 0 Å². The Kier molecular flexibility index (Phi) is 7.18. The van der Waals surface area contributed by atoms with E-state index in [0.717, 1.165) is 45.6 Å². The molecule has 182 valence electrons. The molecular weight excluding hydrogens is 456 g/mol. The Morgan fingerprint density at radius 3 is 2.47 bits per heavy atom. The van der Waals surface area contributed by atoms with Crippen LogP contribution in [0.1, 0.15) is 53.3 Å². The summed E-state index contributed by atoms with van der Waals surface area (Å²) in [6.07, 6.45) is 5.89. The molecule has 2 aromatic rings. The smallest absolute Gasteiger partial charge is 0.339 e. The lowest BCUT2D eigenvalue weighted by Gasteiger charge is -2.36. The topological polar surface area (TPSA) is 120 Å². The summed E-state index contributed by atoms with van der Waals surface area (Å²) in [5.74, 6) is -0.502. The number of benzene rings is 1. The molecule has 1 aromatic carbocycles. The van der Waals surface area contributed by atoms with Gasteiger partial charge >= 0.3 is 5.97 Å². The van der Waals surface area contributed by atoms with Crippen LogP contribution in [0.2, 0.25) is 0 Å². The van der Waals surface area contributed by atoms with E-state index in [1.165, 1.54) is 56.3 Å². The summed E-state index contributed by atoms with van der Waals surface area (Å²) in [7, 11) is -3.97. The number of hydrogen-bond donors (Lipinski definition) is 2. The number of rotatable bonds is 8. The van der Waals surface area contributed by atoms with Crippen LogP contribution in [-0.2, 0) is 10.0 Å². The number of likely N-dealkylation sites (tertiary alicyclic amines) is 1. The number of piperidine rings is 1. The number of carboxylic acids is 1. The summed E-state index contributed by atoms with van der Waals surface area (Å²) in [6, 6.07) is 6.88. The summed E-state index contributed by atoms with van der Waals surface area (Å²) in [5.41, 5.74) is 0.444. The van der Waals surface area contributed by atoms with Crippen molar-refractivity contribution >= 4 is 33.3 Å². The quantitative estimate of drug-likeness (QED) is 0.546. The summed E-state index contributed by atoms with van der Waals surface area (Å²) >= 11 is 0. The van der Waals surface area contributed by atoms with Crippen LogP contribution in [0.4, 0.5) is 11.5 Å². The van der Waals surface area contributed by atoms with Crippen LogP contribution in [0.5, 0.6) is 0 Å². The predicted molar refractivity (Wildman–Crippen MR) is 129 cm³/mol. The maximum Gasteiger partial charge on any atom is 0.339 e. The van der Waals surface area contributed by atoms with E-state index in [0.29, 0.717) is 17.3 Å². The van der Waals surface area contributed by atoms with Crippen molar-refractivity contribution in [2.24, 2.45) is 5.92 Å². The first-order chi connectivity index (χ1) is 16.2. The number of pyridine rings is 1. The van der Waals surface area contributed by atoms with Crippen molar-refractivity contribution in [2.45, 2.75) is 37.5 Å². The zero-order valence-corrected chi connectivity index (χ0v) is 20.1. The van der Waals surface area contributed by atoms with Crippen LogP contribution in [0.25, 0.3) is 0 Å². The molecule has 2 fully saturated rings. The average Bonchev–Trinajstić information content (AvgIpc) is 3.32. The molecule has 2 saturated heterocycles. The van der Waals surface area contributed by atoms with Gasteiger partial charge in [0.15, 0.2) is 5.78 Å². The number of sulfonamides is 1. The highest BCUT2D eigenvalue weighted by atomic mass is 32.2. The third-order valence-corrected chi connectivity index (χ3v) is 7.85. The lowest BCUT2D eigenvalue weighted by molar-refractivity contribution is 0.0696. The van der Waals surface area contributed by atoms with Crippen molar-refractivity contribution in [3.05, 3.63) is 47.7 Å². The SMILES string of the molecule is CC(=O)c1ccc(S(=O)(=O)Nc2cnc(N3CCC[C@H](CN4CCCC4)C3)c(C(=O)O)c2)cc1. The summed E-state index contributed by atoms with van der Waals surface area (Å²) in [6.45, 7) is 6.12. The monoisotopic (exact) mass is 486 g/mol. The van der Waals surface area contributed by atoms with Crippen LogP contribution >= 0.6 is 0 Å². The molecule has 2 aliphatic heterocycles. The van der Waals surface area contributed by atoms with Gasteiger partial charge in [-0.05, 0) is 69.8 Å². The molecule has 3 heterocycles. The van der Waals surface area contributed by atoms with E-state index in [1.54, 1.807) is 0 Å². The number of carbonyl (C=O) groups is 2. The van der Waals surface area contributed by atoms with Crippen molar-refractivity contribution in [3.8, 4) is 0 Å². The molecule has 0 saturated carbocycles. The fourth-order valence-electron chi connectivity index (χ4n) is 4.74. The first-order valence-corrected chi connectivity index (χ1v) is 13.1. The molecule has 10 heteroatoms. The molecule has 2 aliphatic rings. The largest absolute Gasteiger partial charge is 0.478 e. The third kappa shape index (κ3) is 5.56. The first-order valence-electron chi connectivity index (χ1n) is 11.6. The molecule has 34 heavy (non-hydrogen) atoms. The minimum absolute atomic E-state index is 0.0285. The highest BCUT2D eigenvalue weighted by Gasteiger charge is 2.27. The van der Waals surface area contributed by atoms with Gasteiger partial charge in [-0.3, -0.25) is 9.52 Å². The molecule has 1 atom stereocenters. The Bertz CT molecular complexity index is 1160. The van der Waals surface area contributed by atoms with Gasteiger partial charge in [0.25, 0.3) is 10.0 Å². The zero-order valence-electron chi connectivity index (χ0n) is 19.2. The summed E-state index contributed by atoms with van der Waals surface area (Å²) in [4.78, 5) is 32.3. The Balaban J connectivity index is 1.52. The van der Waals surface area contributed by atoms with Gasteiger partial charge in [-0.1, -0.05) is 12.1 Å². The van der Waals surface area contributed by atoms with Crippen LogP contribution in [-0.4, -0.2) is 67.9 Å². The van der Waals surface area contributed by atoms with E-state index in [9.17, 15) is 23.1 Å². The number of aromatic carboxylic acids is 1. The van der Waals surface area contributed by atoms with Crippen LogP contribution in [0, 0.1) is 5.92 Å². The van der Waals surface area contributed by atoms with Crippen LogP contribution in [0.15, 0.2) is 41.4 Å². The summed E-state index contributed by atoms with van der Waals surface area (Å²) < 4.78 is 27.9. The molecule has 9 nitrogen and oxygen atoms in total. The molecule has 0 spiro atoms. The minimum Gasteiger partial charge on any atom is -0.478 e. The normalized spacial score (nSPS) is 19.2. The number of carboxylic acid groups (broad SMARTS) is 1. The van der Waals surface area contributed by atoms with Crippen LogP contribution < -0.4 is 9.62 Å². The number of nitrogens with zero attached hydrogens (tertiary/aromatic N) is 3. The average molecular weight is 487 g/mol. The van der Waals surface area contributed by atoms with Gasteiger partial charge in [0.05, 0.1) is 16.8 Å². The highest BCUT2D eigenvalue weighted by molar-refractivity contribution is 7.92. The second kappa shape index (κ2) is 10.1. The molecule has 2 N–H and O–H groups in total. The van der Waals surface area contributed by atoms with Crippen molar-refractivity contribution in [1.29, 1.82) is 0 Å². The number of nitrogens with one attached hydrogen (secondary N) is 1. The maximum absolute atomic E-state index is 12.8. The van der Waals surface area contributed by atoms with E-state index in [1.807, 2.05) is 4.90 Å². The Morgan fingerprint density at radius 1 is 1.12 bits per heavy atom. The molecule has 0 amide bonds. The van der Waals surface area contributed by atoms with Gasteiger partial charge in [-0.15, -0.1) is 0 Å². The van der Waals surface area contributed by atoms with E-state index in [4.69, 9.17) is 0 Å². The molecule has 0 unspecified atom stereocenters. The zero-order chi connectivity index (χ0) is 24.3. The predicted octanol–water partition coefficient (Wildman–Crippen LogP) is 3.10. The number of aromatic nitrogens is 1. The molecule has 1 aromatic heterocycles. The number of hydrogen-bond acceptors (Lipinski definition) is 7.